The second kappa shape index (κ2) is 6.10. The van der Waals surface area contributed by atoms with Gasteiger partial charge in [-0.05, 0) is 29.8 Å². The Morgan fingerprint density at radius 2 is 1.95 bits per heavy atom. The van der Waals surface area contributed by atoms with Gasteiger partial charge in [0.25, 0.3) is 0 Å². The van der Waals surface area contributed by atoms with E-state index >= 15 is 0 Å². The van der Waals surface area contributed by atoms with Crippen LogP contribution in [0.3, 0.4) is 0 Å². The Kier molecular flexibility index (Phi) is 4.01. The average molecular weight is 299 g/mol. The molecule has 0 fully saturated rings. The monoisotopic (exact) mass is 299 g/mol. The molecule has 0 aliphatic carbocycles. The van der Waals surface area contributed by atoms with E-state index in [1.807, 2.05) is 43.3 Å². The molecular weight excluding hydrogens is 285 g/mol. The first kappa shape index (κ1) is 13.8. The standard InChI is InChI=1S/C16H14FN3S/c1-2-18-16-19-10-14(17)15(20-16)21-13-8-7-11-5-3-4-6-12(11)9-13/h3-10H,2H2,1H3,(H,18,19,20). The van der Waals surface area contributed by atoms with Gasteiger partial charge in [-0.15, -0.1) is 0 Å². The first-order valence-corrected chi connectivity index (χ1v) is 7.51. The van der Waals surface area contributed by atoms with Gasteiger partial charge in [0.15, 0.2) is 5.82 Å². The van der Waals surface area contributed by atoms with Crippen molar-refractivity contribution in [2.45, 2.75) is 16.8 Å². The van der Waals surface area contributed by atoms with Crippen molar-refractivity contribution < 1.29 is 4.39 Å². The van der Waals surface area contributed by atoms with Crippen LogP contribution in [0.4, 0.5) is 10.3 Å². The fraction of sp³-hybridized carbons (Fsp3) is 0.125. The highest BCUT2D eigenvalue weighted by Crippen LogP contribution is 2.30. The van der Waals surface area contributed by atoms with Crippen molar-refractivity contribution in [1.29, 1.82) is 0 Å². The van der Waals surface area contributed by atoms with Crippen LogP contribution < -0.4 is 5.32 Å². The molecule has 3 nitrogen and oxygen atoms in total. The summed E-state index contributed by atoms with van der Waals surface area (Å²) in [4.78, 5) is 9.07. The van der Waals surface area contributed by atoms with E-state index in [9.17, 15) is 4.39 Å². The number of aromatic nitrogens is 2. The van der Waals surface area contributed by atoms with Crippen LogP contribution in [0.2, 0.25) is 0 Å². The number of nitrogens with one attached hydrogen (secondary N) is 1. The summed E-state index contributed by atoms with van der Waals surface area (Å²) in [6.07, 6.45) is 1.20. The van der Waals surface area contributed by atoms with Crippen molar-refractivity contribution in [2.24, 2.45) is 0 Å². The predicted octanol–water partition coefficient (Wildman–Crippen LogP) is 4.35. The lowest BCUT2D eigenvalue weighted by molar-refractivity contribution is 0.580. The molecule has 1 aromatic heterocycles. The lowest BCUT2D eigenvalue weighted by Gasteiger charge is -2.06. The summed E-state index contributed by atoms with van der Waals surface area (Å²) < 4.78 is 13.8. The normalized spacial score (nSPS) is 10.8. The van der Waals surface area contributed by atoms with Gasteiger partial charge >= 0.3 is 0 Å². The zero-order valence-electron chi connectivity index (χ0n) is 11.5. The molecule has 1 heterocycles. The van der Waals surface area contributed by atoms with Crippen molar-refractivity contribution in [2.75, 3.05) is 11.9 Å². The number of hydrogen-bond donors (Lipinski definition) is 1. The van der Waals surface area contributed by atoms with Crippen LogP contribution in [0.15, 0.2) is 58.6 Å². The van der Waals surface area contributed by atoms with E-state index in [-0.39, 0.29) is 0 Å². The minimum atomic E-state index is -0.408. The summed E-state index contributed by atoms with van der Waals surface area (Å²) in [6, 6.07) is 14.1. The van der Waals surface area contributed by atoms with Crippen molar-refractivity contribution in [3.63, 3.8) is 0 Å². The summed E-state index contributed by atoms with van der Waals surface area (Å²) >= 11 is 1.30. The molecule has 0 aliphatic rings. The average Bonchev–Trinajstić information content (AvgIpc) is 2.51. The number of fused-ring (bicyclic) bond motifs is 1. The zero-order valence-corrected chi connectivity index (χ0v) is 12.3. The summed E-state index contributed by atoms with van der Waals surface area (Å²) in [5.41, 5.74) is 0. The third-order valence-corrected chi connectivity index (χ3v) is 3.95. The number of hydrogen-bond acceptors (Lipinski definition) is 4. The Morgan fingerprint density at radius 3 is 2.76 bits per heavy atom. The van der Waals surface area contributed by atoms with Gasteiger partial charge in [0, 0.05) is 11.4 Å². The van der Waals surface area contributed by atoms with Gasteiger partial charge in [0.05, 0.1) is 6.20 Å². The van der Waals surface area contributed by atoms with Crippen molar-refractivity contribution in [3.05, 3.63) is 54.5 Å². The number of rotatable bonds is 4. The van der Waals surface area contributed by atoms with Gasteiger partial charge < -0.3 is 5.32 Å². The van der Waals surface area contributed by atoms with Crippen LogP contribution in [0.5, 0.6) is 0 Å². The first-order valence-electron chi connectivity index (χ1n) is 6.69. The van der Waals surface area contributed by atoms with E-state index in [0.717, 1.165) is 10.3 Å². The van der Waals surface area contributed by atoms with Crippen molar-refractivity contribution >= 4 is 28.5 Å². The Labute approximate surface area is 126 Å². The molecule has 2 aromatic carbocycles. The molecule has 0 unspecified atom stereocenters. The summed E-state index contributed by atoms with van der Waals surface area (Å²) in [5.74, 6) is 0.0389. The quantitative estimate of drug-likeness (QED) is 0.727. The number of halogens is 1. The van der Waals surface area contributed by atoms with Gasteiger partial charge in [0.1, 0.15) is 5.03 Å². The van der Waals surface area contributed by atoms with E-state index in [1.54, 1.807) is 0 Å². The predicted molar refractivity (Wildman–Crippen MR) is 84.2 cm³/mol. The molecule has 0 saturated carbocycles. The number of nitrogens with zero attached hydrogens (tertiary/aromatic N) is 2. The summed E-state index contributed by atoms with van der Waals surface area (Å²) in [6.45, 7) is 2.65. The second-order valence-corrected chi connectivity index (χ2v) is 5.55. The summed E-state index contributed by atoms with van der Waals surface area (Å²) in [5, 5.41) is 5.61. The van der Waals surface area contributed by atoms with Crippen LogP contribution >= 0.6 is 11.8 Å². The zero-order chi connectivity index (χ0) is 14.7. The van der Waals surface area contributed by atoms with Crippen molar-refractivity contribution in [3.8, 4) is 0 Å². The number of anilines is 1. The molecule has 0 aliphatic heterocycles. The smallest absolute Gasteiger partial charge is 0.223 e. The van der Waals surface area contributed by atoms with E-state index in [1.165, 1.54) is 23.3 Å². The maximum Gasteiger partial charge on any atom is 0.223 e. The van der Waals surface area contributed by atoms with Crippen LogP contribution in [0.1, 0.15) is 6.92 Å². The molecule has 0 saturated heterocycles. The third-order valence-electron chi connectivity index (χ3n) is 2.98. The molecule has 5 heteroatoms. The van der Waals surface area contributed by atoms with Gasteiger partial charge in [-0.25, -0.2) is 14.4 Å². The van der Waals surface area contributed by atoms with Gasteiger partial charge in [-0.2, -0.15) is 0 Å². The highest BCUT2D eigenvalue weighted by molar-refractivity contribution is 7.99. The molecule has 0 atom stereocenters. The molecule has 0 radical (unpaired) electrons. The minimum absolute atomic E-state index is 0.330. The molecule has 0 spiro atoms. The molecule has 106 valence electrons. The van der Waals surface area contributed by atoms with E-state index in [2.05, 4.69) is 21.4 Å². The topological polar surface area (TPSA) is 37.8 Å². The molecule has 3 rings (SSSR count). The summed E-state index contributed by atoms with van der Waals surface area (Å²) in [7, 11) is 0. The fourth-order valence-corrected chi connectivity index (χ4v) is 2.84. The third kappa shape index (κ3) is 3.13. The molecule has 0 bridgehead atoms. The van der Waals surface area contributed by atoms with Crippen molar-refractivity contribution in [1.82, 2.24) is 9.97 Å². The maximum atomic E-state index is 13.8. The van der Waals surface area contributed by atoms with E-state index < -0.39 is 5.82 Å². The van der Waals surface area contributed by atoms with Crippen LogP contribution in [0.25, 0.3) is 10.8 Å². The molecule has 0 amide bonds. The molecule has 3 aromatic rings. The Morgan fingerprint density at radius 1 is 1.14 bits per heavy atom. The van der Waals surface area contributed by atoms with Crippen LogP contribution in [-0.2, 0) is 0 Å². The number of benzene rings is 2. The van der Waals surface area contributed by atoms with E-state index in [0.29, 0.717) is 17.5 Å². The Balaban J connectivity index is 1.92. The first-order chi connectivity index (χ1) is 10.3. The maximum absolute atomic E-state index is 13.8. The lowest BCUT2D eigenvalue weighted by Crippen LogP contribution is -2.03. The molecule has 21 heavy (non-hydrogen) atoms. The second-order valence-electron chi connectivity index (χ2n) is 4.49. The lowest BCUT2D eigenvalue weighted by atomic mass is 10.1. The van der Waals surface area contributed by atoms with Crippen LogP contribution in [-0.4, -0.2) is 16.5 Å². The fourth-order valence-electron chi connectivity index (χ4n) is 2.01. The SMILES string of the molecule is CCNc1ncc(F)c(Sc2ccc3ccccc3c2)n1. The van der Waals surface area contributed by atoms with Gasteiger partial charge in [-0.3, -0.25) is 0 Å². The highest BCUT2D eigenvalue weighted by atomic mass is 32.2. The Bertz CT molecular complexity index is 776. The molecule has 1 N–H and O–H groups in total. The Hall–Kier alpha value is -2.14. The van der Waals surface area contributed by atoms with Crippen LogP contribution in [0, 0.1) is 5.82 Å². The largest absolute Gasteiger partial charge is 0.354 e. The van der Waals surface area contributed by atoms with Gasteiger partial charge in [-0.1, -0.05) is 42.1 Å². The van der Waals surface area contributed by atoms with E-state index in [4.69, 9.17) is 0 Å². The van der Waals surface area contributed by atoms with Gasteiger partial charge in [0.2, 0.25) is 5.95 Å². The molecular formula is C16H14FN3S. The highest BCUT2D eigenvalue weighted by Gasteiger charge is 2.09. The minimum Gasteiger partial charge on any atom is -0.354 e.